The first-order valence-corrected chi connectivity index (χ1v) is 12.8. The molecule has 4 heterocycles. The first kappa shape index (κ1) is 23.2. The third kappa shape index (κ3) is 5.40. The van der Waals surface area contributed by atoms with Gasteiger partial charge in [-0.15, -0.1) is 21.5 Å². The van der Waals surface area contributed by atoms with Crippen molar-refractivity contribution >= 4 is 40.6 Å². The lowest BCUT2D eigenvalue weighted by Gasteiger charge is -2.11. The number of halogens is 1. The van der Waals surface area contributed by atoms with Crippen molar-refractivity contribution in [2.45, 2.75) is 17.5 Å². The zero-order valence-corrected chi connectivity index (χ0v) is 20.6. The fourth-order valence-corrected chi connectivity index (χ4v) is 5.24. The molecule has 0 unspecified atom stereocenters. The Balaban J connectivity index is 1.33. The number of benzene rings is 1. The average molecular weight is 520 g/mol. The van der Waals surface area contributed by atoms with Gasteiger partial charge >= 0.3 is 0 Å². The van der Waals surface area contributed by atoms with Crippen molar-refractivity contribution < 1.29 is 4.79 Å². The van der Waals surface area contributed by atoms with E-state index >= 15 is 0 Å². The summed E-state index contributed by atoms with van der Waals surface area (Å²) < 4.78 is 1.93. The number of para-hydroxylation sites is 1. The number of aromatic nitrogens is 6. The summed E-state index contributed by atoms with van der Waals surface area (Å²) in [5, 5.41) is 15.6. The van der Waals surface area contributed by atoms with E-state index in [1.54, 1.807) is 30.2 Å². The van der Waals surface area contributed by atoms with Crippen LogP contribution in [-0.2, 0) is 12.3 Å². The Labute approximate surface area is 214 Å². The fraction of sp³-hybridized carbons (Fsp3) is 0.0833. The van der Waals surface area contributed by atoms with Crippen molar-refractivity contribution in [2.24, 2.45) is 0 Å². The number of nitrogens with zero attached hydrogens (tertiary/aromatic N) is 6. The van der Waals surface area contributed by atoms with Gasteiger partial charge < -0.3 is 5.32 Å². The molecule has 4 aromatic heterocycles. The van der Waals surface area contributed by atoms with Crippen LogP contribution in [0.3, 0.4) is 0 Å². The number of hydrogen-bond acceptors (Lipinski definition) is 8. The largest absolute Gasteiger partial charge is 0.347 e. The maximum Gasteiger partial charge on any atom is 0.271 e. The molecule has 0 atom stereocenters. The molecule has 0 aliphatic heterocycles. The SMILES string of the molecule is O=C(NCc1ccncc1)c1csc(CSc2nnc(-c3ccncc3)n2-c2ccccc2Cl)n1. The summed E-state index contributed by atoms with van der Waals surface area (Å²) in [6.45, 7) is 0.418. The maximum atomic E-state index is 12.5. The maximum absolute atomic E-state index is 12.5. The number of rotatable bonds is 8. The lowest BCUT2D eigenvalue weighted by molar-refractivity contribution is 0.0946. The molecule has 8 nitrogen and oxygen atoms in total. The smallest absolute Gasteiger partial charge is 0.271 e. The monoisotopic (exact) mass is 519 g/mol. The number of carbonyl (C=O) groups excluding carboxylic acids is 1. The summed E-state index contributed by atoms with van der Waals surface area (Å²) in [7, 11) is 0. The molecule has 0 aliphatic carbocycles. The molecule has 0 radical (unpaired) electrons. The van der Waals surface area contributed by atoms with Gasteiger partial charge in [-0.3, -0.25) is 19.3 Å². The molecule has 1 aromatic carbocycles. The Morgan fingerprint density at radius 3 is 2.51 bits per heavy atom. The van der Waals surface area contributed by atoms with E-state index in [4.69, 9.17) is 11.6 Å². The van der Waals surface area contributed by atoms with Gasteiger partial charge in [-0.05, 0) is 42.0 Å². The Kier molecular flexibility index (Phi) is 7.12. The zero-order chi connectivity index (χ0) is 24.0. The first-order valence-electron chi connectivity index (χ1n) is 10.5. The number of pyridine rings is 2. The van der Waals surface area contributed by atoms with Gasteiger partial charge in [-0.1, -0.05) is 35.5 Å². The van der Waals surface area contributed by atoms with E-state index in [2.05, 4.69) is 30.5 Å². The van der Waals surface area contributed by atoms with Crippen LogP contribution in [-0.4, -0.2) is 35.6 Å². The third-order valence-electron chi connectivity index (χ3n) is 4.98. The number of thioether (sulfide) groups is 1. The topological polar surface area (TPSA) is 98.5 Å². The predicted octanol–water partition coefficient (Wildman–Crippen LogP) is 5.06. The molecule has 5 aromatic rings. The van der Waals surface area contributed by atoms with E-state index < -0.39 is 0 Å². The Morgan fingerprint density at radius 2 is 1.74 bits per heavy atom. The van der Waals surface area contributed by atoms with E-state index in [-0.39, 0.29) is 5.91 Å². The number of nitrogens with one attached hydrogen (secondary N) is 1. The second-order valence-corrected chi connectivity index (χ2v) is 9.57. The lowest BCUT2D eigenvalue weighted by atomic mass is 10.2. The summed E-state index contributed by atoms with van der Waals surface area (Å²) in [4.78, 5) is 25.1. The molecule has 0 fully saturated rings. The van der Waals surface area contributed by atoms with E-state index in [9.17, 15) is 4.79 Å². The van der Waals surface area contributed by atoms with Crippen LogP contribution in [0.5, 0.6) is 0 Å². The van der Waals surface area contributed by atoms with Gasteiger partial charge in [0.1, 0.15) is 10.7 Å². The standard InChI is InChI=1S/C24H18ClN7OS2/c25-18-3-1-2-4-20(18)32-22(17-7-11-27-12-8-17)30-31-24(32)35-15-21-29-19(14-34-21)23(33)28-13-16-5-9-26-10-6-16/h1-12,14H,13,15H2,(H,28,33). The Morgan fingerprint density at radius 1 is 1.00 bits per heavy atom. The third-order valence-corrected chi connectivity index (χ3v) is 7.27. The quantitative estimate of drug-likeness (QED) is 0.286. The highest BCUT2D eigenvalue weighted by Gasteiger charge is 2.19. The van der Waals surface area contributed by atoms with Crippen LogP contribution >= 0.6 is 34.7 Å². The van der Waals surface area contributed by atoms with Crippen LogP contribution in [0.2, 0.25) is 5.02 Å². The van der Waals surface area contributed by atoms with Crippen molar-refractivity contribution in [1.29, 1.82) is 0 Å². The summed E-state index contributed by atoms with van der Waals surface area (Å²) >= 11 is 9.43. The van der Waals surface area contributed by atoms with Crippen molar-refractivity contribution in [3.63, 3.8) is 0 Å². The average Bonchev–Trinajstić information content (AvgIpc) is 3.55. The Bertz CT molecular complexity index is 1440. The van der Waals surface area contributed by atoms with Gasteiger partial charge in [-0.25, -0.2) is 4.98 Å². The number of amides is 1. The van der Waals surface area contributed by atoms with Crippen LogP contribution in [0.1, 0.15) is 21.1 Å². The van der Waals surface area contributed by atoms with Gasteiger partial charge in [0.05, 0.1) is 16.5 Å². The second-order valence-electron chi connectivity index (χ2n) is 7.28. The van der Waals surface area contributed by atoms with E-state index in [0.29, 0.717) is 34.0 Å². The predicted molar refractivity (Wildman–Crippen MR) is 137 cm³/mol. The molecular weight excluding hydrogens is 502 g/mol. The van der Waals surface area contributed by atoms with Gasteiger partial charge in [-0.2, -0.15) is 0 Å². The number of carbonyl (C=O) groups is 1. The summed E-state index contributed by atoms with van der Waals surface area (Å²) in [6.07, 6.45) is 6.82. The minimum absolute atomic E-state index is 0.214. The highest BCUT2D eigenvalue weighted by atomic mass is 35.5. The molecule has 0 saturated heterocycles. The minimum atomic E-state index is -0.214. The summed E-state index contributed by atoms with van der Waals surface area (Å²) in [5.41, 5.74) is 3.03. The van der Waals surface area contributed by atoms with Crippen molar-refractivity contribution in [3.05, 3.63) is 100.0 Å². The second kappa shape index (κ2) is 10.8. The molecule has 11 heteroatoms. The van der Waals surface area contributed by atoms with E-state index in [0.717, 1.165) is 21.8 Å². The molecule has 1 amide bonds. The van der Waals surface area contributed by atoms with E-state index in [1.807, 2.05) is 53.1 Å². The molecule has 0 aliphatic rings. The molecule has 0 bridgehead atoms. The summed E-state index contributed by atoms with van der Waals surface area (Å²) in [6, 6.07) is 15.0. The highest BCUT2D eigenvalue weighted by Crippen LogP contribution is 2.32. The first-order chi connectivity index (χ1) is 17.2. The van der Waals surface area contributed by atoms with Crippen LogP contribution in [0, 0.1) is 0 Å². The molecule has 174 valence electrons. The number of hydrogen-bond donors (Lipinski definition) is 1. The fourth-order valence-electron chi connectivity index (χ4n) is 3.28. The molecule has 5 rings (SSSR count). The molecule has 0 saturated carbocycles. The van der Waals surface area contributed by atoms with Crippen molar-refractivity contribution in [2.75, 3.05) is 0 Å². The minimum Gasteiger partial charge on any atom is -0.347 e. The normalized spacial score (nSPS) is 10.9. The number of thiazole rings is 1. The molecular formula is C24H18ClN7OS2. The summed E-state index contributed by atoms with van der Waals surface area (Å²) in [5.74, 6) is 0.980. The van der Waals surface area contributed by atoms with Crippen molar-refractivity contribution in [3.8, 4) is 17.1 Å². The van der Waals surface area contributed by atoms with E-state index in [1.165, 1.54) is 23.1 Å². The van der Waals surface area contributed by atoms with Gasteiger partial charge in [0.25, 0.3) is 5.91 Å². The molecule has 1 N–H and O–H groups in total. The van der Waals surface area contributed by atoms with Gasteiger partial charge in [0.2, 0.25) is 0 Å². The zero-order valence-electron chi connectivity index (χ0n) is 18.2. The van der Waals surface area contributed by atoms with Crippen LogP contribution in [0.25, 0.3) is 17.1 Å². The van der Waals surface area contributed by atoms with Crippen LogP contribution in [0.4, 0.5) is 0 Å². The van der Waals surface area contributed by atoms with Gasteiger partial charge in [0.15, 0.2) is 11.0 Å². The molecule has 0 spiro atoms. The Hall–Kier alpha value is -3.60. The van der Waals surface area contributed by atoms with Crippen molar-refractivity contribution in [1.82, 2.24) is 35.0 Å². The van der Waals surface area contributed by atoms with Crippen LogP contribution in [0.15, 0.2) is 83.9 Å². The lowest BCUT2D eigenvalue weighted by Crippen LogP contribution is -2.23. The highest BCUT2D eigenvalue weighted by molar-refractivity contribution is 7.98. The molecule has 35 heavy (non-hydrogen) atoms. The van der Waals surface area contributed by atoms with Crippen LogP contribution < -0.4 is 5.32 Å². The van der Waals surface area contributed by atoms with Gasteiger partial charge in [0, 0.05) is 42.3 Å².